The standard InChI is InChI=1S/C15H17NO3S/c17-9-7-16(8-10-18)15(19)14-13(6-11-20-14)12-4-2-1-3-5-12/h1-6,11,17-18H,7-10H2. The molecule has 0 atom stereocenters. The van der Waals surface area contributed by atoms with Crippen molar-refractivity contribution in [1.29, 1.82) is 0 Å². The number of rotatable bonds is 6. The molecule has 1 aromatic carbocycles. The quantitative estimate of drug-likeness (QED) is 0.854. The SMILES string of the molecule is O=C(c1sccc1-c1ccccc1)N(CCO)CCO. The highest BCUT2D eigenvalue weighted by Gasteiger charge is 2.20. The third kappa shape index (κ3) is 3.25. The molecule has 0 fully saturated rings. The molecule has 1 amide bonds. The van der Waals surface area contributed by atoms with Crippen LogP contribution in [0.4, 0.5) is 0 Å². The normalized spacial score (nSPS) is 10.5. The summed E-state index contributed by atoms with van der Waals surface area (Å²) in [6, 6.07) is 11.6. The highest BCUT2D eigenvalue weighted by Crippen LogP contribution is 2.29. The highest BCUT2D eigenvalue weighted by atomic mass is 32.1. The first-order chi connectivity index (χ1) is 9.77. The van der Waals surface area contributed by atoms with Gasteiger partial charge in [-0.2, -0.15) is 0 Å². The number of carbonyl (C=O) groups is 1. The van der Waals surface area contributed by atoms with E-state index in [1.807, 2.05) is 41.8 Å². The van der Waals surface area contributed by atoms with Crippen LogP contribution in [0.15, 0.2) is 41.8 Å². The van der Waals surface area contributed by atoms with Crippen molar-refractivity contribution in [1.82, 2.24) is 4.90 Å². The second-order valence-corrected chi connectivity index (χ2v) is 5.18. The van der Waals surface area contributed by atoms with Gasteiger partial charge in [0.05, 0.1) is 18.1 Å². The molecule has 0 spiro atoms. The van der Waals surface area contributed by atoms with E-state index in [0.717, 1.165) is 11.1 Å². The summed E-state index contributed by atoms with van der Waals surface area (Å²) in [5.74, 6) is -0.151. The maximum atomic E-state index is 12.5. The van der Waals surface area contributed by atoms with Crippen molar-refractivity contribution >= 4 is 17.2 Å². The van der Waals surface area contributed by atoms with E-state index in [9.17, 15) is 4.79 Å². The Bertz CT molecular complexity index is 547. The van der Waals surface area contributed by atoms with Crippen molar-refractivity contribution in [2.24, 2.45) is 0 Å². The molecule has 0 aliphatic heterocycles. The summed E-state index contributed by atoms with van der Waals surface area (Å²) < 4.78 is 0. The summed E-state index contributed by atoms with van der Waals surface area (Å²) in [6.07, 6.45) is 0. The van der Waals surface area contributed by atoms with Crippen LogP contribution in [-0.4, -0.2) is 47.3 Å². The lowest BCUT2D eigenvalue weighted by atomic mass is 10.1. The van der Waals surface area contributed by atoms with Crippen LogP contribution in [0, 0.1) is 0 Å². The average molecular weight is 291 g/mol. The molecule has 0 aliphatic rings. The maximum Gasteiger partial charge on any atom is 0.264 e. The lowest BCUT2D eigenvalue weighted by Crippen LogP contribution is -2.35. The predicted octanol–water partition coefficient (Wildman–Crippen LogP) is 1.84. The number of nitrogens with zero attached hydrogens (tertiary/aromatic N) is 1. The van der Waals surface area contributed by atoms with Crippen LogP contribution in [-0.2, 0) is 0 Å². The van der Waals surface area contributed by atoms with Crippen molar-refractivity contribution < 1.29 is 15.0 Å². The molecule has 0 saturated heterocycles. The van der Waals surface area contributed by atoms with Crippen molar-refractivity contribution in [2.45, 2.75) is 0 Å². The topological polar surface area (TPSA) is 60.8 Å². The van der Waals surface area contributed by atoms with Gasteiger partial charge in [0.1, 0.15) is 0 Å². The first kappa shape index (κ1) is 14.7. The fourth-order valence-corrected chi connectivity index (χ4v) is 2.90. The molecule has 0 unspecified atom stereocenters. The van der Waals surface area contributed by atoms with E-state index >= 15 is 0 Å². The molecule has 0 bridgehead atoms. The van der Waals surface area contributed by atoms with Gasteiger partial charge in [-0.25, -0.2) is 0 Å². The van der Waals surface area contributed by atoms with Gasteiger partial charge in [0.25, 0.3) is 5.91 Å². The summed E-state index contributed by atoms with van der Waals surface area (Å²) in [4.78, 5) is 14.6. The largest absolute Gasteiger partial charge is 0.395 e. The second kappa shape index (κ2) is 7.19. The van der Waals surface area contributed by atoms with Gasteiger partial charge in [0.2, 0.25) is 0 Å². The van der Waals surface area contributed by atoms with Gasteiger partial charge in [-0.1, -0.05) is 30.3 Å². The minimum absolute atomic E-state index is 0.113. The van der Waals surface area contributed by atoms with Crippen molar-refractivity contribution in [3.63, 3.8) is 0 Å². The predicted molar refractivity (Wildman–Crippen MR) is 79.8 cm³/mol. The van der Waals surface area contributed by atoms with E-state index in [1.54, 1.807) is 0 Å². The van der Waals surface area contributed by atoms with E-state index in [2.05, 4.69) is 0 Å². The summed E-state index contributed by atoms with van der Waals surface area (Å²) in [5.41, 5.74) is 1.88. The van der Waals surface area contributed by atoms with Crippen LogP contribution in [0.2, 0.25) is 0 Å². The number of amides is 1. The molecule has 4 nitrogen and oxygen atoms in total. The molecule has 0 saturated carbocycles. The van der Waals surface area contributed by atoms with Crippen molar-refractivity contribution in [2.75, 3.05) is 26.3 Å². The molecular formula is C15H17NO3S. The molecule has 1 aromatic heterocycles. The summed E-state index contributed by atoms with van der Waals surface area (Å²) in [6.45, 7) is 0.229. The Morgan fingerprint density at radius 1 is 1.05 bits per heavy atom. The molecule has 0 radical (unpaired) electrons. The number of benzene rings is 1. The molecule has 0 aliphatic carbocycles. The first-order valence-electron chi connectivity index (χ1n) is 6.42. The van der Waals surface area contributed by atoms with Gasteiger partial charge in [0.15, 0.2) is 0 Å². The molecule has 5 heteroatoms. The fraction of sp³-hybridized carbons (Fsp3) is 0.267. The smallest absolute Gasteiger partial charge is 0.264 e. The zero-order chi connectivity index (χ0) is 14.4. The zero-order valence-electron chi connectivity index (χ0n) is 11.0. The monoisotopic (exact) mass is 291 g/mol. The summed E-state index contributed by atoms with van der Waals surface area (Å²) in [5, 5.41) is 19.9. The average Bonchev–Trinajstić information content (AvgIpc) is 2.96. The Hall–Kier alpha value is -1.69. The van der Waals surface area contributed by atoms with Crippen LogP contribution < -0.4 is 0 Å². The Morgan fingerprint density at radius 2 is 1.70 bits per heavy atom. The van der Waals surface area contributed by atoms with Crippen molar-refractivity contribution in [3.8, 4) is 11.1 Å². The number of carbonyl (C=O) groups excluding carboxylic acids is 1. The number of aliphatic hydroxyl groups is 2. The molecule has 106 valence electrons. The van der Waals surface area contributed by atoms with E-state index < -0.39 is 0 Å². The third-order valence-corrected chi connectivity index (χ3v) is 3.87. The third-order valence-electron chi connectivity index (χ3n) is 2.97. The highest BCUT2D eigenvalue weighted by molar-refractivity contribution is 7.12. The number of thiophene rings is 1. The number of hydrogen-bond acceptors (Lipinski definition) is 4. The van der Waals surface area contributed by atoms with Gasteiger partial charge < -0.3 is 15.1 Å². The van der Waals surface area contributed by atoms with E-state index in [4.69, 9.17) is 10.2 Å². The van der Waals surface area contributed by atoms with Gasteiger partial charge >= 0.3 is 0 Å². The molecular weight excluding hydrogens is 274 g/mol. The van der Waals surface area contributed by atoms with E-state index in [0.29, 0.717) is 4.88 Å². The summed E-state index contributed by atoms with van der Waals surface area (Å²) >= 11 is 1.38. The van der Waals surface area contributed by atoms with Gasteiger partial charge in [-0.15, -0.1) is 11.3 Å². The second-order valence-electron chi connectivity index (χ2n) is 4.27. The van der Waals surface area contributed by atoms with Gasteiger partial charge in [0, 0.05) is 18.7 Å². The lowest BCUT2D eigenvalue weighted by molar-refractivity contribution is 0.0690. The Kier molecular flexibility index (Phi) is 5.29. The minimum Gasteiger partial charge on any atom is -0.395 e. The fourth-order valence-electron chi connectivity index (χ4n) is 2.02. The maximum absolute atomic E-state index is 12.5. The first-order valence-corrected chi connectivity index (χ1v) is 7.29. The van der Waals surface area contributed by atoms with Crippen LogP contribution in [0.3, 0.4) is 0 Å². The molecule has 2 aromatic rings. The molecule has 2 N–H and O–H groups in total. The van der Waals surface area contributed by atoms with Crippen LogP contribution in [0.5, 0.6) is 0 Å². The van der Waals surface area contributed by atoms with Crippen molar-refractivity contribution in [3.05, 3.63) is 46.7 Å². The summed E-state index contributed by atoms with van der Waals surface area (Å²) in [7, 11) is 0. The lowest BCUT2D eigenvalue weighted by Gasteiger charge is -2.20. The number of aliphatic hydroxyl groups excluding tert-OH is 2. The molecule has 20 heavy (non-hydrogen) atoms. The minimum atomic E-state index is -0.151. The van der Waals surface area contributed by atoms with Crippen LogP contribution >= 0.6 is 11.3 Å². The van der Waals surface area contributed by atoms with E-state index in [1.165, 1.54) is 16.2 Å². The van der Waals surface area contributed by atoms with Crippen LogP contribution in [0.1, 0.15) is 9.67 Å². The Balaban J connectivity index is 2.29. The molecule has 1 heterocycles. The van der Waals surface area contributed by atoms with Gasteiger partial charge in [-0.3, -0.25) is 4.79 Å². The van der Waals surface area contributed by atoms with Crippen LogP contribution in [0.25, 0.3) is 11.1 Å². The molecule has 2 rings (SSSR count). The van der Waals surface area contributed by atoms with E-state index in [-0.39, 0.29) is 32.2 Å². The number of hydrogen-bond donors (Lipinski definition) is 2. The van der Waals surface area contributed by atoms with Gasteiger partial charge in [-0.05, 0) is 17.0 Å². The Morgan fingerprint density at radius 3 is 2.30 bits per heavy atom. The zero-order valence-corrected chi connectivity index (χ0v) is 11.8. The Labute approximate surface area is 121 Å².